The molecule has 1 fully saturated rings. The number of nitrogens with zero attached hydrogens (tertiary/aromatic N) is 3. The highest BCUT2D eigenvalue weighted by Gasteiger charge is 2.34. The quantitative estimate of drug-likeness (QED) is 0.710. The van der Waals surface area contributed by atoms with Gasteiger partial charge in [0.1, 0.15) is 30.1 Å². The van der Waals surface area contributed by atoms with E-state index in [4.69, 9.17) is 21.6 Å². The number of nitriles is 1. The number of sulfonamides is 1. The number of nitrogens with one attached hydrogen (secondary N) is 1. The molecule has 31 heavy (non-hydrogen) atoms. The molecule has 0 unspecified atom stereocenters. The van der Waals surface area contributed by atoms with Gasteiger partial charge in [-0.25, -0.2) is 22.5 Å². The van der Waals surface area contributed by atoms with E-state index < -0.39 is 28.0 Å². The molecule has 0 aliphatic carbocycles. The second-order valence-corrected chi connectivity index (χ2v) is 9.77. The van der Waals surface area contributed by atoms with Crippen molar-refractivity contribution in [3.63, 3.8) is 0 Å². The van der Waals surface area contributed by atoms with Crippen LogP contribution in [0.15, 0.2) is 29.2 Å². The lowest BCUT2D eigenvalue weighted by molar-refractivity contribution is 0.0837. The van der Waals surface area contributed by atoms with Crippen LogP contribution in [0.3, 0.4) is 0 Å². The third-order valence-corrected chi connectivity index (χ3v) is 7.15. The van der Waals surface area contributed by atoms with Gasteiger partial charge >= 0.3 is 0 Å². The van der Waals surface area contributed by atoms with Gasteiger partial charge in [0, 0.05) is 36.5 Å². The molecular formula is C20H20ClFN4O4S. The van der Waals surface area contributed by atoms with Gasteiger partial charge in [0.25, 0.3) is 0 Å². The highest BCUT2D eigenvalue weighted by atomic mass is 35.5. The zero-order chi connectivity index (χ0) is 22.3. The molecule has 1 saturated heterocycles. The van der Waals surface area contributed by atoms with Gasteiger partial charge in [0.15, 0.2) is 0 Å². The Balaban J connectivity index is 1.58. The molecule has 2 N–H and O–H groups in total. The van der Waals surface area contributed by atoms with Crippen LogP contribution in [-0.4, -0.2) is 44.2 Å². The van der Waals surface area contributed by atoms with Crippen LogP contribution >= 0.6 is 11.6 Å². The van der Waals surface area contributed by atoms with E-state index in [1.165, 1.54) is 18.2 Å². The van der Waals surface area contributed by atoms with Crippen LogP contribution in [-0.2, 0) is 10.0 Å². The maximum atomic E-state index is 13.6. The molecule has 3 heterocycles. The maximum Gasteiger partial charge on any atom is 0.241 e. The summed E-state index contributed by atoms with van der Waals surface area (Å²) in [7, 11) is -4.04. The lowest BCUT2D eigenvalue weighted by Crippen LogP contribution is -2.45. The molecule has 2 aliphatic heterocycles. The first kappa shape index (κ1) is 21.8. The Kier molecular flexibility index (Phi) is 5.79. The Morgan fingerprint density at radius 3 is 2.87 bits per heavy atom. The van der Waals surface area contributed by atoms with Gasteiger partial charge in [0.2, 0.25) is 10.0 Å². The fraction of sp³-hybridized carbons (Fsp3) is 0.400. The van der Waals surface area contributed by atoms with E-state index in [-0.39, 0.29) is 33.8 Å². The molecule has 1 aromatic heterocycles. The Labute approximate surface area is 184 Å². The van der Waals surface area contributed by atoms with Crippen molar-refractivity contribution in [1.29, 1.82) is 5.26 Å². The van der Waals surface area contributed by atoms with E-state index in [1.807, 2.05) is 4.90 Å². The largest absolute Gasteiger partial charge is 0.491 e. The summed E-state index contributed by atoms with van der Waals surface area (Å²) in [4.78, 5) is 6.28. The van der Waals surface area contributed by atoms with Gasteiger partial charge < -0.3 is 14.7 Å². The molecule has 164 valence electrons. The van der Waals surface area contributed by atoms with Crippen LogP contribution in [0.4, 0.5) is 10.2 Å². The smallest absolute Gasteiger partial charge is 0.241 e. The highest BCUT2D eigenvalue weighted by Crippen LogP contribution is 2.36. The molecule has 0 bridgehead atoms. The summed E-state index contributed by atoms with van der Waals surface area (Å²) >= 11 is 5.79. The second-order valence-electron chi connectivity index (χ2n) is 7.65. The van der Waals surface area contributed by atoms with Crippen molar-refractivity contribution in [1.82, 2.24) is 9.71 Å². The molecule has 0 spiro atoms. The van der Waals surface area contributed by atoms with Crippen molar-refractivity contribution >= 4 is 27.4 Å². The molecule has 4 rings (SSSR count). The lowest BCUT2D eigenvalue weighted by Gasteiger charge is -2.31. The summed E-state index contributed by atoms with van der Waals surface area (Å²) in [5, 5.41) is 19.6. The molecule has 2 aliphatic rings. The average Bonchev–Trinajstić information content (AvgIpc) is 3.21. The van der Waals surface area contributed by atoms with E-state index in [0.29, 0.717) is 31.0 Å². The number of pyridine rings is 1. The monoisotopic (exact) mass is 466 g/mol. The number of halogens is 2. The number of aromatic nitrogens is 1. The molecule has 3 atom stereocenters. The number of fused-ring (bicyclic) bond motifs is 1. The van der Waals surface area contributed by atoms with Crippen molar-refractivity contribution in [2.45, 2.75) is 30.4 Å². The Hall–Kier alpha value is -2.45. The zero-order valence-corrected chi connectivity index (χ0v) is 18.1. The zero-order valence-electron chi connectivity index (χ0n) is 16.5. The van der Waals surface area contributed by atoms with Gasteiger partial charge in [-0.3, -0.25) is 0 Å². The van der Waals surface area contributed by atoms with Crippen LogP contribution in [0.2, 0.25) is 5.02 Å². The number of ether oxygens (including phenoxy) is 1. The summed E-state index contributed by atoms with van der Waals surface area (Å²) < 4.78 is 47.7. The fourth-order valence-electron chi connectivity index (χ4n) is 3.76. The van der Waals surface area contributed by atoms with Crippen molar-refractivity contribution < 1.29 is 22.7 Å². The van der Waals surface area contributed by atoms with Crippen molar-refractivity contribution in [3.05, 3.63) is 46.4 Å². The molecule has 0 radical (unpaired) electrons. The standard InChI is InChI=1S/C20H20ClFN4O4S/c1-11-4-13(5-19(24-11)26-3-2-12(8-23)9-26)31(28,29)25-17-10-30-18-7-16(22)15(21)6-14(18)20(17)27/h4-7,12,17,20,25,27H,2-3,9-10H2,1H3/t12-,17+,20-/m0/s1. The van der Waals surface area contributed by atoms with Gasteiger partial charge in [0.05, 0.1) is 27.9 Å². The Bertz CT molecular complexity index is 1170. The molecule has 0 saturated carbocycles. The minimum absolute atomic E-state index is 0.00876. The van der Waals surface area contributed by atoms with Gasteiger partial charge in [-0.15, -0.1) is 0 Å². The molecule has 8 nitrogen and oxygen atoms in total. The van der Waals surface area contributed by atoms with Crippen molar-refractivity contribution in [2.24, 2.45) is 5.92 Å². The Morgan fingerprint density at radius 1 is 1.39 bits per heavy atom. The molecule has 0 amide bonds. The van der Waals surface area contributed by atoms with E-state index in [2.05, 4.69) is 15.8 Å². The second kappa shape index (κ2) is 8.24. The number of anilines is 1. The summed E-state index contributed by atoms with van der Waals surface area (Å²) in [6.45, 7) is 2.61. The minimum Gasteiger partial charge on any atom is -0.491 e. The Morgan fingerprint density at radius 2 is 2.16 bits per heavy atom. The fourth-order valence-corrected chi connectivity index (χ4v) is 5.25. The predicted molar refractivity (Wildman–Crippen MR) is 111 cm³/mol. The van der Waals surface area contributed by atoms with Crippen LogP contribution in [0.5, 0.6) is 5.75 Å². The number of rotatable bonds is 4. The third kappa shape index (κ3) is 4.32. The lowest BCUT2D eigenvalue weighted by atomic mass is 10.00. The number of aryl methyl sites for hydroxylation is 1. The summed E-state index contributed by atoms with van der Waals surface area (Å²) in [6, 6.07) is 6.40. The normalized spacial score (nSPS) is 23.2. The van der Waals surface area contributed by atoms with Gasteiger partial charge in [-0.05, 0) is 25.5 Å². The minimum atomic E-state index is -4.04. The molecule has 1 aromatic carbocycles. The van der Waals surface area contributed by atoms with Crippen LogP contribution in [0.1, 0.15) is 23.8 Å². The average molecular weight is 467 g/mol. The molecule has 2 aromatic rings. The predicted octanol–water partition coefficient (Wildman–Crippen LogP) is 2.31. The van der Waals surface area contributed by atoms with Crippen LogP contribution in [0, 0.1) is 30.0 Å². The highest BCUT2D eigenvalue weighted by molar-refractivity contribution is 7.89. The number of hydrogen-bond acceptors (Lipinski definition) is 7. The summed E-state index contributed by atoms with van der Waals surface area (Å²) in [5.41, 5.74) is 0.711. The number of hydrogen-bond donors (Lipinski definition) is 2. The number of benzene rings is 1. The van der Waals surface area contributed by atoms with Crippen LogP contribution in [0.25, 0.3) is 0 Å². The first-order valence-corrected chi connectivity index (χ1v) is 11.5. The van der Waals surface area contributed by atoms with Crippen molar-refractivity contribution in [2.75, 3.05) is 24.6 Å². The topological polar surface area (TPSA) is 116 Å². The summed E-state index contributed by atoms with van der Waals surface area (Å²) in [5.74, 6) is -0.210. The first-order valence-electron chi connectivity index (χ1n) is 9.63. The summed E-state index contributed by atoms with van der Waals surface area (Å²) in [6.07, 6.45) is -0.574. The van der Waals surface area contributed by atoms with E-state index >= 15 is 0 Å². The molecule has 11 heteroatoms. The van der Waals surface area contributed by atoms with Gasteiger partial charge in [-0.2, -0.15) is 5.26 Å². The SMILES string of the molecule is Cc1cc(S(=O)(=O)N[C@@H]2COc3cc(F)c(Cl)cc3[C@@H]2O)cc(N2CC[C@@H](C#N)C2)n1. The molecular weight excluding hydrogens is 447 g/mol. The first-order chi connectivity index (χ1) is 14.7. The number of aliphatic hydroxyl groups excluding tert-OH is 1. The third-order valence-electron chi connectivity index (χ3n) is 5.40. The van der Waals surface area contributed by atoms with Gasteiger partial charge in [-0.1, -0.05) is 11.6 Å². The van der Waals surface area contributed by atoms with Crippen LogP contribution < -0.4 is 14.4 Å². The maximum absolute atomic E-state index is 13.6. The van der Waals surface area contributed by atoms with Crippen molar-refractivity contribution in [3.8, 4) is 11.8 Å². The van der Waals surface area contributed by atoms with E-state index in [0.717, 1.165) is 6.07 Å². The van der Waals surface area contributed by atoms with E-state index in [9.17, 15) is 17.9 Å². The number of aliphatic hydroxyl groups is 1. The van der Waals surface area contributed by atoms with E-state index in [1.54, 1.807) is 6.92 Å².